The number of anilines is 2. The highest BCUT2D eigenvalue weighted by molar-refractivity contribution is 7.15. The Bertz CT molecular complexity index is 1110. The van der Waals surface area contributed by atoms with Crippen LogP contribution in [0.2, 0.25) is 0 Å². The zero-order valence-corrected chi connectivity index (χ0v) is 17.9. The predicted molar refractivity (Wildman–Crippen MR) is 120 cm³/mol. The fraction of sp³-hybridized carbons (Fsp3) is 0.409. The molecule has 4 N–H and O–H groups in total. The lowest BCUT2D eigenvalue weighted by Crippen LogP contribution is -2.73. The van der Waals surface area contributed by atoms with Crippen molar-refractivity contribution in [1.29, 1.82) is 5.41 Å². The first kappa shape index (κ1) is 19.3. The van der Waals surface area contributed by atoms with Crippen molar-refractivity contribution in [2.75, 3.05) is 12.4 Å². The van der Waals surface area contributed by atoms with Crippen molar-refractivity contribution in [3.05, 3.63) is 41.2 Å². The SMILES string of the molecule is C[NH2+]/C=C(\C(=N)C1CC1)c1cnc2ccc(Nc3nnc(C4CCCC4)s3)nc2c1. The Labute approximate surface area is 179 Å². The highest BCUT2D eigenvalue weighted by Crippen LogP contribution is 2.37. The molecule has 0 spiro atoms. The van der Waals surface area contributed by atoms with Crippen LogP contribution in [0, 0.1) is 11.3 Å². The van der Waals surface area contributed by atoms with E-state index in [0.717, 1.165) is 51.0 Å². The summed E-state index contributed by atoms with van der Waals surface area (Å²) in [5.41, 5.74) is 4.24. The molecule has 0 unspecified atom stereocenters. The van der Waals surface area contributed by atoms with Gasteiger partial charge in [0.2, 0.25) is 5.13 Å². The van der Waals surface area contributed by atoms with Crippen molar-refractivity contribution in [3.8, 4) is 0 Å². The third-order valence-electron chi connectivity index (χ3n) is 5.84. The van der Waals surface area contributed by atoms with Gasteiger partial charge in [-0.3, -0.25) is 4.98 Å². The molecule has 154 valence electrons. The number of aromatic nitrogens is 4. The maximum absolute atomic E-state index is 8.51. The van der Waals surface area contributed by atoms with E-state index < -0.39 is 0 Å². The molecule has 3 aromatic rings. The second-order valence-electron chi connectivity index (χ2n) is 8.11. The molecule has 2 aliphatic rings. The number of hydrogen-bond donors (Lipinski definition) is 3. The van der Waals surface area contributed by atoms with E-state index in [1.807, 2.05) is 43.0 Å². The molecular formula is C22H26N7S+. The molecule has 0 amide bonds. The van der Waals surface area contributed by atoms with Crippen molar-refractivity contribution in [2.45, 2.75) is 44.4 Å². The molecular weight excluding hydrogens is 394 g/mol. The maximum Gasteiger partial charge on any atom is 0.211 e. The number of pyridine rings is 2. The molecule has 0 aliphatic heterocycles. The lowest BCUT2D eigenvalue weighted by Gasteiger charge is -2.09. The molecule has 3 aromatic heterocycles. The van der Waals surface area contributed by atoms with Gasteiger partial charge in [0.05, 0.1) is 23.7 Å². The van der Waals surface area contributed by atoms with Crippen molar-refractivity contribution in [2.24, 2.45) is 5.92 Å². The first-order valence-corrected chi connectivity index (χ1v) is 11.5. The molecule has 0 saturated heterocycles. The van der Waals surface area contributed by atoms with Crippen molar-refractivity contribution in [1.82, 2.24) is 20.2 Å². The van der Waals surface area contributed by atoms with Gasteiger partial charge in [-0.15, -0.1) is 10.2 Å². The quantitative estimate of drug-likeness (QED) is 0.504. The lowest BCUT2D eigenvalue weighted by molar-refractivity contribution is -0.555. The molecule has 8 heteroatoms. The van der Waals surface area contributed by atoms with Gasteiger partial charge in [-0.2, -0.15) is 0 Å². The minimum atomic E-state index is 0.388. The van der Waals surface area contributed by atoms with Crippen LogP contribution in [0.1, 0.15) is 55.0 Å². The van der Waals surface area contributed by atoms with E-state index in [9.17, 15) is 0 Å². The standard InChI is InChI=1S/C22H25N7S/c1-24-12-16(20(23)13-6-7-13)15-10-18-17(25-11-15)8-9-19(26-18)27-22-29-28-21(30-22)14-4-2-3-5-14/h8-14,23-24H,2-7H2,1H3,(H,26,27,29)/p+1/b16-12-,23-20?. The molecule has 2 aliphatic carbocycles. The first-order chi connectivity index (χ1) is 14.7. The zero-order chi connectivity index (χ0) is 20.5. The van der Waals surface area contributed by atoms with Crippen molar-refractivity contribution >= 4 is 44.6 Å². The Morgan fingerprint density at radius 2 is 2.00 bits per heavy atom. The first-order valence-electron chi connectivity index (χ1n) is 10.7. The van der Waals surface area contributed by atoms with Gasteiger partial charge in [-0.05, 0) is 43.9 Å². The third-order valence-corrected chi connectivity index (χ3v) is 6.84. The van der Waals surface area contributed by atoms with Crippen LogP contribution in [0.5, 0.6) is 0 Å². The number of nitrogens with zero attached hydrogens (tertiary/aromatic N) is 4. The van der Waals surface area contributed by atoms with Crippen LogP contribution in [0.4, 0.5) is 10.9 Å². The van der Waals surface area contributed by atoms with Crippen LogP contribution >= 0.6 is 11.3 Å². The van der Waals surface area contributed by atoms with Crippen LogP contribution in [-0.4, -0.2) is 32.9 Å². The molecule has 0 aromatic carbocycles. The summed E-state index contributed by atoms with van der Waals surface area (Å²) >= 11 is 1.63. The Morgan fingerprint density at radius 3 is 2.77 bits per heavy atom. The minimum Gasteiger partial charge on any atom is -0.322 e. The molecule has 30 heavy (non-hydrogen) atoms. The van der Waals surface area contributed by atoms with Gasteiger partial charge in [-0.1, -0.05) is 24.2 Å². The molecule has 0 radical (unpaired) electrons. The maximum atomic E-state index is 8.51. The van der Waals surface area contributed by atoms with Gasteiger partial charge in [0.25, 0.3) is 0 Å². The molecule has 0 atom stereocenters. The van der Waals surface area contributed by atoms with Crippen LogP contribution in [0.15, 0.2) is 30.6 Å². The van der Waals surface area contributed by atoms with E-state index in [4.69, 9.17) is 10.4 Å². The average Bonchev–Trinajstić information content (AvgIpc) is 3.26. The Morgan fingerprint density at radius 1 is 1.17 bits per heavy atom. The van der Waals surface area contributed by atoms with Gasteiger partial charge in [0.15, 0.2) is 0 Å². The number of hydrogen-bond acceptors (Lipinski definition) is 7. The van der Waals surface area contributed by atoms with E-state index >= 15 is 0 Å². The topological polar surface area (TPSA) is 104 Å². The van der Waals surface area contributed by atoms with E-state index in [-0.39, 0.29) is 0 Å². The molecule has 3 heterocycles. The smallest absolute Gasteiger partial charge is 0.211 e. The van der Waals surface area contributed by atoms with Crippen molar-refractivity contribution in [3.63, 3.8) is 0 Å². The van der Waals surface area contributed by atoms with Crippen LogP contribution in [-0.2, 0) is 0 Å². The second kappa shape index (κ2) is 8.20. The van der Waals surface area contributed by atoms with Gasteiger partial charge >= 0.3 is 0 Å². The predicted octanol–water partition coefficient (Wildman–Crippen LogP) is 3.85. The molecule has 0 bridgehead atoms. The van der Waals surface area contributed by atoms with Gasteiger partial charge < -0.3 is 16.0 Å². The third kappa shape index (κ3) is 3.97. The number of fused-ring (bicyclic) bond motifs is 1. The van der Waals surface area contributed by atoms with Crippen LogP contribution in [0.25, 0.3) is 16.6 Å². The highest BCUT2D eigenvalue weighted by Gasteiger charge is 2.30. The van der Waals surface area contributed by atoms with Gasteiger partial charge in [0.1, 0.15) is 17.0 Å². The molecule has 2 saturated carbocycles. The molecule has 2 fully saturated rings. The van der Waals surface area contributed by atoms with Crippen molar-refractivity contribution < 1.29 is 5.32 Å². The summed E-state index contributed by atoms with van der Waals surface area (Å²) in [6, 6.07) is 5.92. The summed E-state index contributed by atoms with van der Waals surface area (Å²) in [4.78, 5) is 9.34. The summed E-state index contributed by atoms with van der Waals surface area (Å²) in [7, 11) is 1.98. The van der Waals surface area contributed by atoms with Crippen LogP contribution < -0.4 is 10.6 Å². The van der Waals surface area contributed by atoms with Crippen LogP contribution in [0.3, 0.4) is 0 Å². The second-order valence-corrected chi connectivity index (χ2v) is 9.12. The van der Waals surface area contributed by atoms with E-state index in [0.29, 0.717) is 17.5 Å². The molecule has 5 rings (SSSR count). The Hall–Kier alpha value is -2.71. The fourth-order valence-corrected chi connectivity index (χ4v) is 4.98. The fourth-order valence-electron chi connectivity index (χ4n) is 4.06. The average molecular weight is 421 g/mol. The summed E-state index contributed by atoms with van der Waals surface area (Å²) in [5, 5.41) is 24.4. The Balaban J connectivity index is 1.40. The minimum absolute atomic E-state index is 0.388. The Kier molecular flexibility index (Phi) is 5.26. The largest absolute Gasteiger partial charge is 0.322 e. The lowest BCUT2D eigenvalue weighted by atomic mass is 10.00. The van der Waals surface area contributed by atoms with E-state index in [1.54, 1.807) is 11.3 Å². The number of rotatable bonds is 7. The normalized spacial score (nSPS) is 17.6. The summed E-state index contributed by atoms with van der Waals surface area (Å²) < 4.78 is 0. The van der Waals surface area contributed by atoms with E-state index in [2.05, 4.69) is 20.5 Å². The van der Waals surface area contributed by atoms with Gasteiger partial charge in [0, 0.05) is 29.3 Å². The summed E-state index contributed by atoms with van der Waals surface area (Å²) in [6.45, 7) is 0. The zero-order valence-electron chi connectivity index (χ0n) is 17.1. The van der Waals surface area contributed by atoms with Gasteiger partial charge in [-0.25, -0.2) is 4.98 Å². The number of quaternary nitrogens is 1. The molecule has 7 nitrogen and oxygen atoms in total. The number of allylic oxidation sites excluding steroid dienone is 1. The monoisotopic (exact) mass is 420 g/mol. The number of nitrogens with two attached hydrogens (primary N) is 1. The summed E-state index contributed by atoms with van der Waals surface area (Å²) in [5.74, 6) is 1.69. The highest BCUT2D eigenvalue weighted by atomic mass is 32.1. The number of nitrogens with one attached hydrogen (secondary N) is 2. The summed E-state index contributed by atoms with van der Waals surface area (Å²) in [6.07, 6.45) is 11.1. The van der Waals surface area contributed by atoms with E-state index in [1.165, 1.54) is 25.7 Å².